The highest BCUT2D eigenvalue weighted by atomic mass is 32.2. The van der Waals surface area contributed by atoms with Gasteiger partial charge in [-0.3, -0.25) is 14.6 Å². The molecule has 23 heavy (non-hydrogen) atoms. The van der Waals surface area contributed by atoms with Gasteiger partial charge in [0.05, 0.1) is 17.5 Å². The number of amides is 2. The van der Waals surface area contributed by atoms with Gasteiger partial charge >= 0.3 is 0 Å². The number of carbonyl (C=O) groups is 2. The van der Waals surface area contributed by atoms with Crippen LogP contribution in [0, 0.1) is 0 Å². The second-order valence-electron chi connectivity index (χ2n) is 5.42. The molecule has 0 fully saturated rings. The third-order valence-electron chi connectivity index (χ3n) is 3.95. The monoisotopic (exact) mass is 327 g/mol. The third kappa shape index (κ3) is 3.22. The first-order chi connectivity index (χ1) is 11.1. The lowest BCUT2D eigenvalue weighted by molar-refractivity contribution is -0.113. The van der Waals surface area contributed by atoms with Crippen LogP contribution < -0.4 is 5.32 Å². The first-order valence-electron chi connectivity index (χ1n) is 7.30. The van der Waals surface area contributed by atoms with Crippen molar-refractivity contribution in [2.75, 3.05) is 18.1 Å². The highest BCUT2D eigenvalue weighted by Gasteiger charge is 2.21. The number of thioether (sulfide) groups is 1. The van der Waals surface area contributed by atoms with Gasteiger partial charge in [-0.05, 0) is 42.8 Å². The van der Waals surface area contributed by atoms with E-state index >= 15 is 0 Å². The molecule has 1 aromatic heterocycles. The van der Waals surface area contributed by atoms with E-state index in [2.05, 4.69) is 10.3 Å². The molecular weight excluding hydrogens is 310 g/mol. The van der Waals surface area contributed by atoms with Crippen LogP contribution in [0.15, 0.2) is 47.6 Å². The summed E-state index contributed by atoms with van der Waals surface area (Å²) in [6, 6.07) is 9.18. The van der Waals surface area contributed by atoms with E-state index in [0.29, 0.717) is 17.0 Å². The summed E-state index contributed by atoms with van der Waals surface area (Å²) >= 11 is 1.48. The summed E-state index contributed by atoms with van der Waals surface area (Å²) in [5.74, 6) is 0.298. The molecule has 1 atom stereocenters. The molecule has 1 N–H and O–H groups in total. The van der Waals surface area contributed by atoms with Crippen LogP contribution in [0.3, 0.4) is 0 Å². The molecule has 0 spiro atoms. The van der Waals surface area contributed by atoms with E-state index in [4.69, 9.17) is 0 Å². The number of aromatic nitrogens is 1. The molecule has 1 aliphatic heterocycles. The zero-order valence-electron chi connectivity index (χ0n) is 12.9. The summed E-state index contributed by atoms with van der Waals surface area (Å²) in [5.41, 5.74) is 2.30. The van der Waals surface area contributed by atoms with Crippen molar-refractivity contribution in [3.8, 4) is 0 Å². The van der Waals surface area contributed by atoms with E-state index in [0.717, 1.165) is 10.5 Å². The normalized spacial score (nSPS) is 14.6. The zero-order valence-corrected chi connectivity index (χ0v) is 13.8. The molecule has 1 aliphatic rings. The fraction of sp³-hybridized carbons (Fsp3) is 0.235. The van der Waals surface area contributed by atoms with Crippen molar-refractivity contribution in [1.29, 1.82) is 0 Å². The van der Waals surface area contributed by atoms with E-state index in [1.165, 1.54) is 11.8 Å². The number of hydrogen-bond donors (Lipinski definition) is 1. The largest absolute Gasteiger partial charge is 0.335 e. The Bertz CT molecular complexity index is 749. The van der Waals surface area contributed by atoms with Gasteiger partial charge in [-0.15, -0.1) is 11.8 Å². The van der Waals surface area contributed by atoms with Crippen LogP contribution >= 0.6 is 11.8 Å². The summed E-state index contributed by atoms with van der Waals surface area (Å²) in [5, 5.41) is 2.82. The van der Waals surface area contributed by atoms with Crippen molar-refractivity contribution in [1.82, 2.24) is 9.88 Å². The Labute approximate surface area is 139 Å². The molecule has 1 aromatic carbocycles. The van der Waals surface area contributed by atoms with E-state index in [1.807, 2.05) is 25.1 Å². The summed E-state index contributed by atoms with van der Waals surface area (Å²) < 4.78 is 0. The van der Waals surface area contributed by atoms with Gasteiger partial charge in [0.2, 0.25) is 5.91 Å². The molecule has 118 valence electrons. The molecule has 5 nitrogen and oxygen atoms in total. The lowest BCUT2D eigenvalue weighted by Gasteiger charge is -2.26. The smallest absolute Gasteiger partial charge is 0.254 e. The number of nitrogens with zero attached hydrogens (tertiary/aromatic N) is 2. The molecule has 0 bridgehead atoms. The molecule has 0 radical (unpaired) electrons. The second kappa shape index (κ2) is 6.42. The molecule has 3 rings (SSSR count). The number of nitrogens with one attached hydrogen (secondary N) is 1. The van der Waals surface area contributed by atoms with Crippen LogP contribution in [0.2, 0.25) is 0 Å². The van der Waals surface area contributed by atoms with Crippen molar-refractivity contribution < 1.29 is 9.59 Å². The van der Waals surface area contributed by atoms with Crippen LogP contribution in [0.4, 0.5) is 5.69 Å². The number of rotatable bonds is 3. The molecule has 2 aromatic rings. The summed E-state index contributed by atoms with van der Waals surface area (Å²) in [6.07, 6.45) is 3.44. The van der Waals surface area contributed by atoms with Crippen LogP contribution in [-0.4, -0.2) is 34.5 Å². The maximum atomic E-state index is 12.7. The molecular formula is C17H17N3O2S. The highest BCUT2D eigenvalue weighted by molar-refractivity contribution is 8.00. The van der Waals surface area contributed by atoms with Crippen molar-refractivity contribution in [3.63, 3.8) is 0 Å². The summed E-state index contributed by atoms with van der Waals surface area (Å²) in [7, 11) is 1.78. The zero-order chi connectivity index (χ0) is 16.4. The molecule has 0 saturated heterocycles. The van der Waals surface area contributed by atoms with Crippen molar-refractivity contribution in [2.24, 2.45) is 0 Å². The Balaban J connectivity index is 1.82. The average molecular weight is 327 g/mol. The lowest BCUT2D eigenvalue weighted by Crippen LogP contribution is -2.30. The van der Waals surface area contributed by atoms with E-state index in [-0.39, 0.29) is 17.9 Å². The SMILES string of the molecule is CC(c1ccncc1)N(C)C(=O)c1ccc2c(c1)NC(=O)CS2. The minimum Gasteiger partial charge on any atom is -0.335 e. The molecule has 0 aliphatic carbocycles. The molecule has 0 saturated carbocycles. The number of anilines is 1. The Morgan fingerprint density at radius 1 is 1.30 bits per heavy atom. The minimum absolute atomic E-state index is 0.0365. The average Bonchev–Trinajstić information content (AvgIpc) is 2.59. The topological polar surface area (TPSA) is 62.3 Å². The lowest BCUT2D eigenvalue weighted by atomic mass is 10.1. The third-order valence-corrected chi connectivity index (χ3v) is 5.02. The number of carbonyl (C=O) groups excluding carboxylic acids is 2. The predicted octanol–water partition coefficient (Wildman–Crippen LogP) is 2.96. The predicted molar refractivity (Wildman–Crippen MR) is 90.5 cm³/mol. The fourth-order valence-electron chi connectivity index (χ4n) is 2.46. The maximum absolute atomic E-state index is 12.7. The Hall–Kier alpha value is -2.34. The van der Waals surface area contributed by atoms with E-state index < -0.39 is 0 Å². The number of benzene rings is 1. The van der Waals surface area contributed by atoms with Crippen molar-refractivity contribution in [2.45, 2.75) is 17.9 Å². The Kier molecular flexibility index (Phi) is 4.34. The van der Waals surface area contributed by atoms with Gasteiger partial charge in [0.15, 0.2) is 0 Å². The van der Waals surface area contributed by atoms with Gasteiger partial charge in [0.25, 0.3) is 5.91 Å². The quantitative estimate of drug-likeness (QED) is 0.941. The second-order valence-corrected chi connectivity index (χ2v) is 6.44. The standard InChI is InChI=1S/C17H17N3O2S/c1-11(12-5-7-18-8-6-12)20(2)17(22)13-3-4-15-14(9-13)19-16(21)10-23-15/h3-9,11H,10H2,1-2H3,(H,19,21). The summed E-state index contributed by atoms with van der Waals surface area (Å²) in [6.45, 7) is 1.98. The van der Waals surface area contributed by atoms with Gasteiger partial charge in [-0.25, -0.2) is 0 Å². The van der Waals surface area contributed by atoms with Crippen LogP contribution in [0.25, 0.3) is 0 Å². The van der Waals surface area contributed by atoms with Gasteiger partial charge in [-0.2, -0.15) is 0 Å². The van der Waals surface area contributed by atoms with Gasteiger partial charge in [0.1, 0.15) is 0 Å². The van der Waals surface area contributed by atoms with Crippen molar-refractivity contribution in [3.05, 3.63) is 53.9 Å². The van der Waals surface area contributed by atoms with E-state index in [9.17, 15) is 9.59 Å². The minimum atomic E-state index is -0.0815. The highest BCUT2D eigenvalue weighted by Crippen LogP contribution is 2.32. The number of hydrogen-bond acceptors (Lipinski definition) is 4. The van der Waals surface area contributed by atoms with Crippen LogP contribution in [0.1, 0.15) is 28.9 Å². The molecule has 1 unspecified atom stereocenters. The number of fused-ring (bicyclic) bond motifs is 1. The Morgan fingerprint density at radius 3 is 2.78 bits per heavy atom. The molecule has 2 heterocycles. The van der Waals surface area contributed by atoms with Gasteiger partial charge < -0.3 is 10.2 Å². The first kappa shape index (κ1) is 15.6. The first-order valence-corrected chi connectivity index (χ1v) is 8.28. The fourth-order valence-corrected chi connectivity index (χ4v) is 3.25. The number of pyridine rings is 1. The molecule has 6 heteroatoms. The summed E-state index contributed by atoms with van der Waals surface area (Å²) in [4.78, 5) is 30.9. The van der Waals surface area contributed by atoms with Gasteiger partial charge in [0, 0.05) is 29.9 Å². The van der Waals surface area contributed by atoms with Crippen LogP contribution in [-0.2, 0) is 4.79 Å². The Morgan fingerprint density at radius 2 is 2.04 bits per heavy atom. The van der Waals surface area contributed by atoms with Crippen LogP contribution in [0.5, 0.6) is 0 Å². The van der Waals surface area contributed by atoms with Gasteiger partial charge in [-0.1, -0.05) is 0 Å². The maximum Gasteiger partial charge on any atom is 0.254 e. The molecule has 2 amide bonds. The van der Waals surface area contributed by atoms with Crippen molar-refractivity contribution >= 4 is 29.3 Å². The van der Waals surface area contributed by atoms with E-state index in [1.54, 1.807) is 36.5 Å².